The number of aromatic nitrogens is 3. The van der Waals surface area contributed by atoms with Crippen LogP contribution in [0.25, 0.3) is 11.9 Å². The van der Waals surface area contributed by atoms with E-state index in [1.165, 1.54) is 57.8 Å². The third-order valence-corrected chi connectivity index (χ3v) is 8.50. The molecule has 12 heteroatoms. The summed E-state index contributed by atoms with van der Waals surface area (Å²) in [6, 6.07) is 3.83. The van der Waals surface area contributed by atoms with E-state index in [4.69, 9.17) is 14.9 Å². The number of halogens is 2. The number of ether oxygens (including phenoxy) is 1. The van der Waals surface area contributed by atoms with Gasteiger partial charge >= 0.3 is 0 Å². The number of hydrogen-bond acceptors (Lipinski definition) is 9. The van der Waals surface area contributed by atoms with Gasteiger partial charge < -0.3 is 14.9 Å². The van der Waals surface area contributed by atoms with Crippen LogP contribution in [0.2, 0.25) is 0 Å². The number of aliphatic imine (C=N–C) groups is 1. The number of sulfone groups is 1. The molecule has 1 aliphatic rings. The second kappa shape index (κ2) is 8.84. The molecule has 2 aromatic heterocycles. The molecule has 0 amide bonds. The molecular weight excluding hydrogens is 480 g/mol. The van der Waals surface area contributed by atoms with Gasteiger partial charge in [0.25, 0.3) is 0 Å². The van der Waals surface area contributed by atoms with Gasteiger partial charge in [-0.1, -0.05) is 6.07 Å². The minimum absolute atomic E-state index is 0.0116. The Bertz CT molecular complexity index is 1400. The van der Waals surface area contributed by atoms with Crippen molar-refractivity contribution in [3.05, 3.63) is 71.6 Å². The molecular formula is C23H23F2N5O4S. The molecule has 0 fully saturated rings. The Hall–Kier alpha value is -3.67. The summed E-state index contributed by atoms with van der Waals surface area (Å²) in [6.07, 6.45) is 6.45. The highest BCUT2D eigenvalue weighted by Gasteiger charge is 2.49. The van der Waals surface area contributed by atoms with Gasteiger partial charge in [0.1, 0.15) is 33.9 Å². The zero-order valence-electron chi connectivity index (χ0n) is 19.2. The molecule has 0 aliphatic carbocycles. The van der Waals surface area contributed by atoms with Crippen LogP contribution in [-0.4, -0.2) is 39.7 Å². The van der Waals surface area contributed by atoms with Crippen LogP contribution >= 0.6 is 0 Å². The molecule has 1 atom stereocenters. The fourth-order valence-corrected chi connectivity index (χ4v) is 5.21. The van der Waals surface area contributed by atoms with Crippen LogP contribution in [0, 0.1) is 5.82 Å². The maximum Gasteiger partial charge on any atom is 0.232 e. The van der Waals surface area contributed by atoms with Crippen molar-refractivity contribution in [2.75, 3.05) is 5.75 Å². The van der Waals surface area contributed by atoms with Gasteiger partial charge in [-0.2, -0.15) is 0 Å². The van der Waals surface area contributed by atoms with Crippen molar-refractivity contribution in [3.8, 4) is 5.88 Å². The molecule has 3 heterocycles. The Morgan fingerprint density at radius 2 is 2.00 bits per heavy atom. The lowest BCUT2D eigenvalue weighted by Crippen LogP contribution is -2.55. The summed E-state index contributed by atoms with van der Waals surface area (Å²) >= 11 is 0. The standard InChI is InChI=1S/C23H23F2N5O4S/c1-22(2)21(26)30-23(3,13-35(22,31)32)15-8-14(4-5-16(15)24)9-17(25)18-10-29-19(11-28-18)34-12-20-27-6-7-33-20/h4-11H,12-13H2,1-3H3,(H2,26,30)/b17-9-/t23-/m0/s1. The molecule has 9 nitrogen and oxygen atoms in total. The number of benzene rings is 1. The van der Waals surface area contributed by atoms with Gasteiger partial charge in [-0.3, -0.25) is 4.99 Å². The molecule has 0 spiro atoms. The van der Waals surface area contributed by atoms with E-state index in [2.05, 4.69) is 19.9 Å². The first-order valence-electron chi connectivity index (χ1n) is 10.5. The lowest BCUT2D eigenvalue weighted by Gasteiger charge is -2.38. The van der Waals surface area contributed by atoms with Gasteiger partial charge in [0.05, 0.1) is 24.3 Å². The predicted molar refractivity (Wildman–Crippen MR) is 125 cm³/mol. The van der Waals surface area contributed by atoms with Crippen LogP contribution in [0.3, 0.4) is 0 Å². The Kier molecular flexibility index (Phi) is 6.18. The van der Waals surface area contributed by atoms with Crippen LogP contribution < -0.4 is 10.5 Å². The van der Waals surface area contributed by atoms with Crippen molar-refractivity contribution in [3.63, 3.8) is 0 Å². The minimum atomic E-state index is -3.74. The van der Waals surface area contributed by atoms with E-state index in [1.807, 2.05) is 0 Å². The molecule has 4 rings (SSSR count). The van der Waals surface area contributed by atoms with E-state index in [1.54, 1.807) is 0 Å². The van der Waals surface area contributed by atoms with Gasteiger partial charge in [-0.15, -0.1) is 0 Å². The molecule has 0 unspecified atom stereocenters. The monoisotopic (exact) mass is 503 g/mol. The van der Waals surface area contributed by atoms with E-state index in [0.29, 0.717) is 5.89 Å². The average molecular weight is 504 g/mol. The first-order chi connectivity index (χ1) is 16.4. The van der Waals surface area contributed by atoms with Crippen molar-refractivity contribution in [2.45, 2.75) is 37.7 Å². The van der Waals surface area contributed by atoms with Gasteiger partial charge in [-0.25, -0.2) is 32.2 Å². The van der Waals surface area contributed by atoms with Crippen molar-refractivity contribution in [2.24, 2.45) is 10.7 Å². The molecule has 184 valence electrons. The molecule has 0 bridgehead atoms. The summed E-state index contributed by atoms with van der Waals surface area (Å²) in [4.78, 5) is 16.2. The van der Waals surface area contributed by atoms with Gasteiger partial charge in [0.2, 0.25) is 11.8 Å². The third kappa shape index (κ3) is 4.78. The maximum absolute atomic E-state index is 14.9. The van der Waals surface area contributed by atoms with E-state index in [9.17, 15) is 17.2 Å². The predicted octanol–water partition coefficient (Wildman–Crippen LogP) is 3.43. The van der Waals surface area contributed by atoms with E-state index < -0.39 is 37.5 Å². The largest absolute Gasteiger partial charge is 0.467 e. The summed E-state index contributed by atoms with van der Waals surface area (Å²) in [5.41, 5.74) is 4.68. The summed E-state index contributed by atoms with van der Waals surface area (Å²) in [5, 5.41) is 0. The van der Waals surface area contributed by atoms with Gasteiger partial charge in [0.15, 0.2) is 22.3 Å². The highest BCUT2D eigenvalue weighted by Crippen LogP contribution is 2.38. The molecule has 2 N–H and O–H groups in total. The fraction of sp³-hybridized carbons (Fsp3) is 0.304. The van der Waals surface area contributed by atoms with Crippen LogP contribution in [0.5, 0.6) is 5.88 Å². The Balaban J connectivity index is 1.59. The number of rotatable bonds is 6. The molecule has 35 heavy (non-hydrogen) atoms. The molecule has 1 aromatic carbocycles. The number of amidine groups is 1. The summed E-state index contributed by atoms with van der Waals surface area (Å²) in [6.45, 7) is 4.43. The molecule has 3 aromatic rings. The fourth-order valence-electron chi connectivity index (χ4n) is 3.52. The first kappa shape index (κ1) is 24.5. The summed E-state index contributed by atoms with van der Waals surface area (Å²) < 4.78 is 64.3. The lowest BCUT2D eigenvalue weighted by atomic mass is 9.91. The number of oxazole rings is 1. The van der Waals surface area contributed by atoms with Crippen molar-refractivity contribution >= 4 is 27.6 Å². The number of nitrogens with two attached hydrogens (primary N) is 1. The van der Waals surface area contributed by atoms with Crippen LogP contribution in [-0.2, 0) is 22.0 Å². The smallest absolute Gasteiger partial charge is 0.232 e. The number of nitrogens with zero attached hydrogens (tertiary/aromatic N) is 4. The lowest BCUT2D eigenvalue weighted by molar-refractivity contribution is 0.252. The highest BCUT2D eigenvalue weighted by molar-refractivity contribution is 7.93. The quantitative estimate of drug-likeness (QED) is 0.541. The Labute approximate surface area is 200 Å². The van der Waals surface area contributed by atoms with Gasteiger partial charge in [-0.05, 0) is 44.5 Å². The third-order valence-electron chi connectivity index (χ3n) is 5.80. The molecule has 0 saturated heterocycles. The molecule has 1 aliphatic heterocycles. The molecule has 0 radical (unpaired) electrons. The van der Waals surface area contributed by atoms with Crippen molar-refractivity contribution in [1.82, 2.24) is 15.0 Å². The van der Waals surface area contributed by atoms with E-state index in [0.717, 1.165) is 12.1 Å². The second-order valence-corrected chi connectivity index (χ2v) is 11.3. The summed E-state index contributed by atoms with van der Waals surface area (Å²) in [5.74, 6) is -1.47. The highest BCUT2D eigenvalue weighted by atomic mass is 32.2. The van der Waals surface area contributed by atoms with Gasteiger partial charge in [0, 0.05) is 5.56 Å². The topological polar surface area (TPSA) is 134 Å². The average Bonchev–Trinajstić information content (AvgIpc) is 3.31. The van der Waals surface area contributed by atoms with E-state index >= 15 is 0 Å². The minimum Gasteiger partial charge on any atom is -0.467 e. The zero-order valence-corrected chi connectivity index (χ0v) is 20.0. The van der Waals surface area contributed by atoms with Crippen LogP contribution in [0.15, 0.2) is 52.5 Å². The summed E-state index contributed by atoms with van der Waals surface area (Å²) in [7, 11) is -3.74. The maximum atomic E-state index is 14.9. The van der Waals surface area contributed by atoms with Crippen LogP contribution in [0.4, 0.5) is 8.78 Å². The van der Waals surface area contributed by atoms with Crippen LogP contribution in [0.1, 0.15) is 43.5 Å². The first-order valence-corrected chi connectivity index (χ1v) is 12.2. The zero-order chi connectivity index (χ0) is 25.4. The Morgan fingerprint density at radius 3 is 2.63 bits per heavy atom. The SMILES string of the molecule is CC1(C)C(N)=N[C@](C)(c2cc(/C=C(\F)c3cnc(OCc4ncco4)cn3)ccc2F)CS1(=O)=O. The van der Waals surface area contributed by atoms with Crippen molar-refractivity contribution < 1.29 is 26.4 Å². The second-order valence-electron chi connectivity index (χ2n) is 8.73. The van der Waals surface area contributed by atoms with E-state index in [-0.39, 0.29) is 35.1 Å². The normalized spacial score (nSPS) is 21.4. The molecule has 0 saturated carbocycles. The number of hydrogen-bond donors (Lipinski definition) is 1. The Morgan fingerprint density at radius 1 is 1.23 bits per heavy atom. The van der Waals surface area contributed by atoms with Crippen molar-refractivity contribution in [1.29, 1.82) is 0 Å².